The molecule has 1 aromatic carbocycles. The number of primary amides is 1. The fourth-order valence-electron chi connectivity index (χ4n) is 1.30. The van der Waals surface area contributed by atoms with Crippen molar-refractivity contribution in [3.05, 3.63) is 35.9 Å². The first-order valence-electron chi connectivity index (χ1n) is 4.89. The second-order valence-electron chi connectivity index (χ2n) is 3.39. The maximum Gasteiger partial charge on any atom is 0.315 e. The number of nitrogens with two attached hydrogens (primary N) is 1. The van der Waals surface area contributed by atoms with Gasteiger partial charge in [0, 0.05) is 13.1 Å². The van der Waals surface area contributed by atoms with Crippen LogP contribution in [0.1, 0.15) is 12.0 Å². The Labute approximate surface area is 93.5 Å². The zero-order chi connectivity index (χ0) is 12.0. The van der Waals surface area contributed by atoms with Crippen LogP contribution < -0.4 is 5.73 Å². The summed E-state index contributed by atoms with van der Waals surface area (Å²) in [5.74, 6) is -0.945. The van der Waals surface area contributed by atoms with Crippen molar-refractivity contribution in [2.24, 2.45) is 5.73 Å². The van der Waals surface area contributed by atoms with E-state index in [2.05, 4.69) is 0 Å². The van der Waals surface area contributed by atoms with E-state index in [9.17, 15) is 9.59 Å². The molecule has 0 bridgehead atoms. The summed E-state index contributed by atoms with van der Waals surface area (Å²) in [4.78, 5) is 22.8. The predicted molar refractivity (Wildman–Crippen MR) is 58.7 cm³/mol. The molecule has 5 heteroatoms. The lowest BCUT2D eigenvalue weighted by Gasteiger charge is -2.19. The van der Waals surface area contributed by atoms with Gasteiger partial charge in [-0.25, -0.2) is 4.79 Å². The van der Waals surface area contributed by atoms with Gasteiger partial charge in [0.15, 0.2) is 0 Å². The van der Waals surface area contributed by atoms with E-state index in [-0.39, 0.29) is 13.0 Å². The van der Waals surface area contributed by atoms with Crippen LogP contribution in [0.2, 0.25) is 0 Å². The second-order valence-corrected chi connectivity index (χ2v) is 3.39. The van der Waals surface area contributed by atoms with E-state index in [1.54, 1.807) is 0 Å². The van der Waals surface area contributed by atoms with E-state index in [1.807, 2.05) is 30.3 Å². The molecule has 0 saturated carbocycles. The van der Waals surface area contributed by atoms with Crippen LogP contribution in [0, 0.1) is 0 Å². The molecule has 2 amide bonds. The van der Waals surface area contributed by atoms with Crippen molar-refractivity contribution >= 4 is 12.0 Å². The largest absolute Gasteiger partial charge is 0.481 e. The Morgan fingerprint density at radius 2 is 1.88 bits per heavy atom. The number of amides is 2. The number of carbonyl (C=O) groups is 2. The smallest absolute Gasteiger partial charge is 0.315 e. The van der Waals surface area contributed by atoms with Crippen molar-refractivity contribution in [2.75, 3.05) is 6.54 Å². The number of nitrogens with zero attached hydrogens (tertiary/aromatic N) is 1. The Bertz CT molecular complexity index is 365. The van der Waals surface area contributed by atoms with Gasteiger partial charge in [0.1, 0.15) is 0 Å². The van der Waals surface area contributed by atoms with Crippen molar-refractivity contribution in [2.45, 2.75) is 13.0 Å². The number of carbonyl (C=O) groups excluding carboxylic acids is 1. The van der Waals surface area contributed by atoms with Gasteiger partial charge in [-0.15, -0.1) is 0 Å². The van der Waals surface area contributed by atoms with E-state index < -0.39 is 12.0 Å². The summed E-state index contributed by atoms with van der Waals surface area (Å²) in [7, 11) is 0. The quantitative estimate of drug-likeness (QED) is 0.780. The van der Waals surface area contributed by atoms with Crippen molar-refractivity contribution in [1.82, 2.24) is 4.90 Å². The zero-order valence-electron chi connectivity index (χ0n) is 8.80. The topological polar surface area (TPSA) is 83.6 Å². The third-order valence-electron chi connectivity index (χ3n) is 2.12. The number of hydrogen-bond donors (Lipinski definition) is 2. The maximum atomic E-state index is 11.1. The Kier molecular flexibility index (Phi) is 4.32. The number of urea groups is 1. The lowest BCUT2D eigenvalue weighted by Crippen LogP contribution is -2.36. The van der Waals surface area contributed by atoms with Crippen LogP contribution in [0.4, 0.5) is 4.79 Å². The van der Waals surface area contributed by atoms with Crippen LogP contribution in [-0.4, -0.2) is 28.6 Å². The molecule has 0 saturated heterocycles. The standard InChI is InChI=1S/C11H14N2O3/c12-11(16)13(7-6-10(14)15)8-9-4-2-1-3-5-9/h1-5H,6-8H2,(H2,12,16)(H,14,15). The summed E-state index contributed by atoms with van der Waals surface area (Å²) >= 11 is 0. The summed E-state index contributed by atoms with van der Waals surface area (Å²) in [6, 6.07) is 8.69. The molecule has 0 aromatic heterocycles. The zero-order valence-corrected chi connectivity index (χ0v) is 8.80. The normalized spacial score (nSPS) is 9.75. The summed E-state index contributed by atoms with van der Waals surface area (Å²) < 4.78 is 0. The fraction of sp³-hybridized carbons (Fsp3) is 0.273. The maximum absolute atomic E-state index is 11.1. The molecule has 0 aliphatic carbocycles. The van der Waals surface area contributed by atoms with E-state index in [0.717, 1.165) is 5.56 Å². The van der Waals surface area contributed by atoms with Gasteiger partial charge in [0.25, 0.3) is 0 Å². The van der Waals surface area contributed by atoms with Crippen molar-refractivity contribution < 1.29 is 14.7 Å². The predicted octanol–water partition coefficient (Wildman–Crippen LogP) is 1.04. The molecule has 0 aliphatic heterocycles. The lowest BCUT2D eigenvalue weighted by molar-refractivity contribution is -0.137. The third kappa shape index (κ3) is 4.00. The highest BCUT2D eigenvalue weighted by Crippen LogP contribution is 2.04. The van der Waals surface area contributed by atoms with Crippen LogP contribution in [-0.2, 0) is 11.3 Å². The summed E-state index contributed by atoms with van der Waals surface area (Å²) in [5, 5.41) is 8.53. The molecule has 0 atom stereocenters. The SMILES string of the molecule is NC(=O)N(CCC(=O)O)Cc1ccccc1. The van der Waals surface area contributed by atoms with E-state index in [4.69, 9.17) is 10.8 Å². The number of benzene rings is 1. The minimum atomic E-state index is -0.945. The van der Waals surface area contributed by atoms with Gasteiger partial charge in [0.2, 0.25) is 0 Å². The molecule has 0 spiro atoms. The molecule has 0 unspecified atom stereocenters. The van der Waals surface area contributed by atoms with Gasteiger partial charge in [-0.2, -0.15) is 0 Å². The molecule has 0 radical (unpaired) electrons. The van der Waals surface area contributed by atoms with Crippen molar-refractivity contribution in [3.63, 3.8) is 0 Å². The molecule has 16 heavy (non-hydrogen) atoms. The molecule has 3 N–H and O–H groups in total. The van der Waals surface area contributed by atoms with Gasteiger partial charge in [-0.05, 0) is 5.56 Å². The fourth-order valence-corrected chi connectivity index (χ4v) is 1.30. The number of rotatable bonds is 5. The minimum absolute atomic E-state index is 0.101. The second kappa shape index (κ2) is 5.75. The van der Waals surface area contributed by atoms with Crippen molar-refractivity contribution in [3.8, 4) is 0 Å². The number of carboxylic acid groups (broad SMARTS) is 1. The summed E-state index contributed by atoms with van der Waals surface area (Å²) in [6.07, 6.45) is -0.101. The Morgan fingerprint density at radius 1 is 1.25 bits per heavy atom. The van der Waals surface area contributed by atoms with E-state index >= 15 is 0 Å². The molecule has 0 fully saturated rings. The molecule has 5 nitrogen and oxygen atoms in total. The summed E-state index contributed by atoms with van der Waals surface area (Å²) in [6.45, 7) is 0.461. The minimum Gasteiger partial charge on any atom is -0.481 e. The highest BCUT2D eigenvalue weighted by Gasteiger charge is 2.11. The van der Waals surface area contributed by atoms with Gasteiger partial charge < -0.3 is 15.7 Å². The first-order valence-corrected chi connectivity index (χ1v) is 4.89. The summed E-state index contributed by atoms with van der Waals surface area (Å²) in [5.41, 5.74) is 6.09. The van der Waals surface area contributed by atoms with Gasteiger partial charge >= 0.3 is 12.0 Å². The Morgan fingerprint density at radius 3 is 2.38 bits per heavy atom. The molecule has 1 rings (SSSR count). The highest BCUT2D eigenvalue weighted by molar-refractivity contribution is 5.73. The third-order valence-corrected chi connectivity index (χ3v) is 2.12. The molecular formula is C11H14N2O3. The number of carboxylic acids is 1. The van der Waals surface area contributed by atoms with Crippen LogP contribution in [0.5, 0.6) is 0 Å². The number of hydrogen-bond acceptors (Lipinski definition) is 2. The van der Waals surface area contributed by atoms with Gasteiger partial charge in [0.05, 0.1) is 6.42 Å². The van der Waals surface area contributed by atoms with Crippen LogP contribution in [0.3, 0.4) is 0 Å². The van der Waals surface area contributed by atoms with Crippen LogP contribution >= 0.6 is 0 Å². The Hall–Kier alpha value is -2.04. The average molecular weight is 222 g/mol. The van der Waals surface area contributed by atoms with Crippen molar-refractivity contribution in [1.29, 1.82) is 0 Å². The van der Waals surface area contributed by atoms with Crippen LogP contribution in [0.15, 0.2) is 30.3 Å². The average Bonchev–Trinajstić information content (AvgIpc) is 2.25. The molecule has 0 heterocycles. The molecule has 1 aromatic rings. The molecule has 0 aliphatic rings. The monoisotopic (exact) mass is 222 g/mol. The lowest BCUT2D eigenvalue weighted by atomic mass is 10.2. The number of aliphatic carboxylic acids is 1. The Balaban J connectivity index is 2.58. The molecular weight excluding hydrogens is 208 g/mol. The first-order chi connectivity index (χ1) is 7.59. The highest BCUT2D eigenvalue weighted by atomic mass is 16.4. The van der Waals surface area contributed by atoms with Gasteiger partial charge in [-0.1, -0.05) is 30.3 Å². The van der Waals surface area contributed by atoms with Gasteiger partial charge in [-0.3, -0.25) is 4.79 Å². The van der Waals surface area contributed by atoms with E-state index in [0.29, 0.717) is 6.54 Å². The van der Waals surface area contributed by atoms with Crippen LogP contribution in [0.25, 0.3) is 0 Å². The first kappa shape index (κ1) is 12.0. The van der Waals surface area contributed by atoms with E-state index in [1.165, 1.54) is 4.90 Å². The molecule has 86 valence electrons.